The summed E-state index contributed by atoms with van der Waals surface area (Å²) in [6.07, 6.45) is 4.33. The second kappa shape index (κ2) is 10.2. The molecule has 3 fully saturated rings. The molecule has 6 rings (SSSR count). The Labute approximate surface area is 228 Å². The summed E-state index contributed by atoms with van der Waals surface area (Å²) in [5, 5.41) is 7.42. The van der Waals surface area contributed by atoms with Crippen molar-refractivity contribution in [3.05, 3.63) is 64.8 Å². The molecule has 3 aromatic rings. The maximum Gasteiger partial charge on any atom is 0.251 e. The smallest absolute Gasteiger partial charge is 0.251 e. The van der Waals surface area contributed by atoms with E-state index in [1.54, 1.807) is 7.11 Å². The van der Waals surface area contributed by atoms with Gasteiger partial charge >= 0.3 is 0 Å². The van der Waals surface area contributed by atoms with Crippen LogP contribution in [-0.4, -0.2) is 55.0 Å². The van der Waals surface area contributed by atoms with E-state index in [1.165, 1.54) is 0 Å². The molecular formula is C31H38F2N4O2. The van der Waals surface area contributed by atoms with Gasteiger partial charge < -0.3 is 20.4 Å². The lowest BCUT2D eigenvalue weighted by atomic mass is 9.59. The number of methoxy groups -OCH3 is 1. The average Bonchev–Trinajstić information content (AvgIpc) is 3.37. The number of likely N-dealkylation sites (tertiary alicyclic amines) is 1. The number of halogens is 2. The van der Waals surface area contributed by atoms with Crippen molar-refractivity contribution in [3.63, 3.8) is 0 Å². The number of aromatic nitrogens is 1. The zero-order valence-corrected chi connectivity index (χ0v) is 22.8. The second-order valence-corrected chi connectivity index (χ2v) is 12.0. The van der Waals surface area contributed by atoms with Crippen molar-refractivity contribution in [2.75, 3.05) is 33.3 Å². The van der Waals surface area contributed by atoms with Gasteiger partial charge in [0.15, 0.2) is 0 Å². The van der Waals surface area contributed by atoms with Gasteiger partial charge in [-0.25, -0.2) is 8.78 Å². The van der Waals surface area contributed by atoms with Gasteiger partial charge in [-0.15, -0.1) is 0 Å². The first-order chi connectivity index (χ1) is 18.8. The average molecular weight is 537 g/mol. The Kier molecular flexibility index (Phi) is 6.88. The highest BCUT2D eigenvalue weighted by atomic mass is 19.3. The molecule has 6 nitrogen and oxygen atoms in total. The Morgan fingerprint density at radius 2 is 1.95 bits per heavy atom. The van der Waals surface area contributed by atoms with E-state index in [9.17, 15) is 13.6 Å². The predicted molar refractivity (Wildman–Crippen MR) is 148 cm³/mol. The Morgan fingerprint density at radius 3 is 2.62 bits per heavy atom. The van der Waals surface area contributed by atoms with Gasteiger partial charge in [0.25, 0.3) is 5.91 Å². The molecule has 3 N–H and O–H groups in total. The number of ether oxygens (including phenoxy) is 1. The van der Waals surface area contributed by atoms with Crippen molar-refractivity contribution in [3.8, 4) is 5.75 Å². The molecule has 3 heterocycles. The third-order valence-electron chi connectivity index (χ3n) is 9.22. The van der Waals surface area contributed by atoms with Crippen LogP contribution in [0.1, 0.15) is 65.2 Å². The summed E-state index contributed by atoms with van der Waals surface area (Å²) in [6.45, 7) is 6.19. The van der Waals surface area contributed by atoms with Crippen molar-refractivity contribution in [2.24, 2.45) is 11.3 Å². The summed E-state index contributed by atoms with van der Waals surface area (Å²) in [6, 6.07) is 11.9. The highest BCUT2D eigenvalue weighted by Gasteiger charge is 2.58. The van der Waals surface area contributed by atoms with Gasteiger partial charge in [0.2, 0.25) is 5.92 Å². The summed E-state index contributed by atoms with van der Waals surface area (Å²) in [4.78, 5) is 18.5. The quantitative estimate of drug-likeness (QED) is 0.352. The molecule has 1 aromatic heterocycles. The number of nitrogens with zero attached hydrogens (tertiary/aromatic N) is 1. The van der Waals surface area contributed by atoms with Crippen LogP contribution < -0.4 is 15.4 Å². The molecule has 1 aliphatic carbocycles. The van der Waals surface area contributed by atoms with E-state index in [4.69, 9.17) is 4.74 Å². The number of alkyl halides is 2. The summed E-state index contributed by atoms with van der Waals surface area (Å²) < 4.78 is 33.9. The number of carbonyl (C=O) groups is 1. The fourth-order valence-electron chi connectivity index (χ4n) is 6.95. The number of fused-ring (bicyclic) bond motifs is 1. The first-order valence-corrected chi connectivity index (χ1v) is 14.1. The number of nitrogens with one attached hydrogen (secondary N) is 3. The van der Waals surface area contributed by atoms with Crippen molar-refractivity contribution in [1.82, 2.24) is 20.5 Å². The molecule has 2 aromatic carbocycles. The number of hydrogen-bond donors (Lipinski definition) is 3. The van der Waals surface area contributed by atoms with Crippen LogP contribution in [0.3, 0.4) is 0 Å². The zero-order chi connectivity index (χ0) is 27.2. The van der Waals surface area contributed by atoms with E-state index in [0.29, 0.717) is 31.0 Å². The van der Waals surface area contributed by atoms with E-state index in [1.807, 2.05) is 30.5 Å². The minimum absolute atomic E-state index is 0.0157. The van der Waals surface area contributed by atoms with Crippen molar-refractivity contribution < 1.29 is 18.3 Å². The fourth-order valence-corrected chi connectivity index (χ4v) is 6.95. The van der Waals surface area contributed by atoms with Gasteiger partial charge in [-0.3, -0.25) is 9.69 Å². The summed E-state index contributed by atoms with van der Waals surface area (Å²) >= 11 is 0. The molecule has 1 spiro atoms. The number of H-pyrrole nitrogens is 1. The lowest BCUT2D eigenvalue weighted by molar-refractivity contribution is -0.186. The molecule has 3 aliphatic rings. The number of hydrogen-bond acceptors (Lipinski definition) is 4. The van der Waals surface area contributed by atoms with Gasteiger partial charge in [-0.2, -0.15) is 0 Å². The Bertz CT molecular complexity index is 1340. The lowest BCUT2D eigenvalue weighted by Crippen LogP contribution is -2.53. The van der Waals surface area contributed by atoms with Crippen LogP contribution >= 0.6 is 0 Å². The third kappa shape index (κ3) is 5.16. The van der Waals surface area contributed by atoms with E-state index in [0.717, 1.165) is 65.8 Å². The Balaban J connectivity index is 1.24. The number of benzene rings is 2. The molecule has 1 saturated carbocycles. The summed E-state index contributed by atoms with van der Waals surface area (Å²) in [5.74, 6) is -1.13. The molecule has 208 valence electrons. The highest BCUT2D eigenvalue weighted by molar-refractivity contribution is 5.94. The van der Waals surface area contributed by atoms with E-state index in [-0.39, 0.29) is 30.2 Å². The minimum atomic E-state index is -2.55. The maximum absolute atomic E-state index is 14.1. The largest absolute Gasteiger partial charge is 0.496 e. The molecular weight excluding hydrogens is 498 g/mol. The fraction of sp³-hybridized carbons (Fsp3) is 0.516. The first-order valence-electron chi connectivity index (χ1n) is 14.1. The van der Waals surface area contributed by atoms with Crippen molar-refractivity contribution in [1.29, 1.82) is 0 Å². The topological polar surface area (TPSA) is 69.4 Å². The molecule has 0 radical (unpaired) electrons. The van der Waals surface area contributed by atoms with Gasteiger partial charge in [0, 0.05) is 60.2 Å². The number of amides is 1. The van der Waals surface area contributed by atoms with Crippen LogP contribution in [0.4, 0.5) is 8.78 Å². The molecule has 39 heavy (non-hydrogen) atoms. The molecule has 0 unspecified atom stereocenters. The Hall–Kier alpha value is -2.97. The van der Waals surface area contributed by atoms with Gasteiger partial charge in [0.1, 0.15) is 5.75 Å². The van der Waals surface area contributed by atoms with Crippen LogP contribution in [0.5, 0.6) is 5.75 Å². The predicted octanol–water partition coefficient (Wildman–Crippen LogP) is 5.58. The van der Waals surface area contributed by atoms with Crippen LogP contribution in [0.15, 0.2) is 42.6 Å². The van der Waals surface area contributed by atoms with Gasteiger partial charge in [-0.05, 0) is 92.5 Å². The molecule has 1 atom stereocenters. The van der Waals surface area contributed by atoms with Gasteiger partial charge in [0.05, 0.1) is 7.11 Å². The number of piperidine rings is 1. The highest BCUT2D eigenvalue weighted by Crippen LogP contribution is 2.60. The number of rotatable bonds is 8. The van der Waals surface area contributed by atoms with E-state index >= 15 is 0 Å². The zero-order valence-electron chi connectivity index (χ0n) is 22.8. The third-order valence-corrected chi connectivity index (χ3v) is 9.22. The van der Waals surface area contributed by atoms with Crippen LogP contribution in [0.25, 0.3) is 10.9 Å². The lowest BCUT2D eigenvalue weighted by Gasteiger charge is -2.54. The van der Waals surface area contributed by atoms with Crippen LogP contribution in [0.2, 0.25) is 0 Å². The van der Waals surface area contributed by atoms with Gasteiger partial charge in [-0.1, -0.05) is 12.1 Å². The molecule has 2 saturated heterocycles. The SMILES string of the molecule is COc1cc(C)c2[nH]ccc2c1CN1CCC2(C[C@H]1c1ccc(C(=O)NCCC3CNC3)cc1)CC(F)(F)C2. The van der Waals surface area contributed by atoms with E-state index in [2.05, 4.69) is 39.6 Å². The van der Waals surface area contributed by atoms with Crippen molar-refractivity contribution >= 4 is 16.8 Å². The number of carbonyl (C=O) groups excluding carboxylic acids is 1. The molecule has 0 bridgehead atoms. The molecule has 8 heteroatoms. The standard InChI is InChI=1S/C31H38F2N4O2/c1-20-13-27(39-2)25(24-8-11-35-28(20)24)17-37-12-9-30(18-31(32,33)19-30)14-26(37)22-3-5-23(6-4-22)29(38)36-10-7-21-15-34-16-21/h3-6,8,11,13,21,26,34-35H,7,9-10,12,14-19H2,1-2H3,(H,36,38)/t26-/m0/s1. The summed E-state index contributed by atoms with van der Waals surface area (Å²) in [5.41, 5.74) is 4.71. The summed E-state index contributed by atoms with van der Waals surface area (Å²) in [7, 11) is 1.70. The van der Waals surface area contributed by atoms with E-state index < -0.39 is 5.92 Å². The Morgan fingerprint density at radius 1 is 1.18 bits per heavy atom. The maximum atomic E-state index is 14.1. The van der Waals surface area contributed by atoms with Crippen LogP contribution in [-0.2, 0) is 6.54 Å². The number of aryl methyl sites for hydroxylation is 1. The monoisotopic (exact) mass is 536 g/mol. The van der Waals surface area contributed by atoms with Crippen LogP contribution in [0, 0.1) is 18.3 Å². The first kappa shape index (κ1) is 26.3. The molecule has 1 amide bonds. The normalized spacial score (nSPS) is 22.4. The number of aromatic amines is 1. The minimum Gasteiger partial charge on any atom is -0.496 e. The van der Waals surface area contributed by atoms with Crippen molar-refractivity contribution in [2.45, 2.75) is 57.5 Å². The second-order valence-electron chi connectivity index (χ2n) is 12.0. The molecule has 2 aliphatic heterocycles.